The predicted molar refractivity (Wildman–Crippen MR) is 94.6 cm³/mol. The highest BCUT2D eigenvalue weighted by molar-refractivity contribution is 5.82. The average molecular weight is 345 g/mol. The van der Waals surface area contributed by atoms with E-state index in [4.69, 9.17) is 4.74 Å². The Balaban J connectivity index is 1.81. The van der Waals surface area contributed by atoms with Crippen molar-refractivity contribution in [2.24, 2.45) is 0 Å². The van der Waals surface area contributed by atoms with Crippen LogP contribution in [-0.4, -0.2) is 38.7 Å². The van der Waals surface area contributed by atoms with Crippen molar-refractivity contribution in [2.75, 3.05) is 7.05 Å². The smallest absolute Gasteiger partial charge is 0.410 e. The largest absolute Gasteiger partial charge is 0.444 e. The number of aromatic nitrogens is 1. The zero-order valence-corrected chi connectivity index (χ0v) is 15.0. The van der Waals surface area contributed by atoms with Crippen LogP contribution in [0.15, 0.2) is 30.5 Å². The fraction of sp³-hybridized carbons (Fsp3) is 0.500. The highest BCUT2D eigenvalue weighted by Gasteiger charge is 2.50. The lowest BCUT2D eigenvalue weighted by atomic mass is 10.2. The lowest BCUT2D eigenvalue weighted by Crippen LogP contribution is -2.44. The van der Waals surface area contributed by atoms with Gasteiger partial charge in [0.05, 0.1) is 10.5 Å². The molecule has 25 heavy (non-hydrogen) atoms. The molecule has 1 aromatic heterocycles. The van der Waals surface area contributed by atoms with E-state index in [1.165, 1.54) is 6.07 Å². The van der Waals surface area contributed by atoms with Gasteiger partial charge in [-0.2, -0.15) is 0 Å². The number of nitro groups is 1. The normalized spacial score (nSPS) is 15.8. The summed E-state index contributed by atoms with van der Waals surface area (Å²) in [6.45, 7) is 6.20. The quantitative estimate of drug-likeness (QED) is 0.621. The number of likely N-dealkylation sites (N-methyl/N-ethyl adjacent to an activating group) is 1. The number of rotatable bonds is 4. The van der Waals surface area contributed by atoms with E-state index in [1.54, 1.807) is 24.1 Å². The van der Waals surface area contributed by atoms with Crippen LogP contribution in [-0.2, 0) is 11.3 Å². The second-order valence-electron chi connectivity index (χ2n) is 7.71. The van der Waals surface area contributed by atoms with Gasteiger partial charge in [-0.15, -0.1) is 0 Å². The number of ether oxygens (including phenoxy) is 1. The van der Waals surface area contributed by atoms with Crippen LogP contribution in [0.3, 0.4) is 0 Å². The van der Waals surface area contributed by atoms with Gasteiger partial charge >= 0.3 is 6.09 Å². The fourth-order valence-electron chi connectivity index (χ4n) is 3.02. The Labute approximate surface area is 146 Å². The van der Waals surface area contributed by atoms with E-state index in [1.807, 2.05) is 37.6 Å². The molecule has 134 valence electrons. The number of nitrogens with zero attached hydrogens (tertiary/aromatic N) is 3. The van der Waals surface area contributed by atoms with Gasteiger partial charge in [0.15, 0.2) is 0 Å². The molecule has 1 heterocycles. The Hall–Kier alpha value is -2.57. The molecule has 2 aromatic rings. The average Bonchev–Trinajstić information content (AvgIpc) is 3.19. The van der Waals surface area contributed by atoms with Crippen LogP contribution in [0.2, 0.25) is 0 Å². The summed E-state index contributed by atoms with van der Waals surface area (Å²) in [6, 6.07) is 6.71. The van der Waals surface area contributed by atoms with E-state index >= 15 is 0 Å². The summed E-state index contributed by atoms with van der Waals surface area (Å²) in [5, 5.41) is 11.7. The zero-order valence-electron chi connectivity index (χ0n) is 15.0. The molecular formula is C18H23N3O4. The molecule has 1 saturated carbocycles. The molecule has 0 spiro atoms. The van der Waals surface area contributed by atoms with Crippen molar-refractivity contribution in [3.8, 4) is 0 Å². The molecule has 0 N–H and O–H groups in total. The number of carbonyl (C=O) groups excluding carboxylic acids is 1. The molecule has 0 aliphatic heterocycles. The third-order valence-corrected chi connectivity index (χ3v) is 4.64. The first kappa shape index (κ1) is 17.3. The standard InChI is InChI=1S/C18H23N3O4/c1-17(2,3)25-16(22)19(4)18(8-9-18)12-20-10-7-13-11-14(21(23)24)5-6-15(13)20/h5-7,10-11H,8-9,12H2,1-4H3. The Morgan fingerprint density at radius 1 is 1.36 bits per heavy atom. The second-order valence-corrected chi connectivity index (χ2v) is 7.71. The van der Waals surface area contributed by atoms with Gasteiger partial charge in [0, 0.05) is 42.8 Å². The van der Waals surface area contributed by atoms with Crippen molar-refractivity contribution in [1.29, 1.82) is 0 Å². The van der Waals surface area contributed by atoms with E-state index < -0.39 is 10.5 Å². The van der Waals surface area contributed by atoms with Crippen molar-refractivity contribution in [3.63, 3.8) is 0 Å². The number of amides is 1. The maximum Gasteiger partial charge on any atom is 0.410 e. The van der Waals surface area contributed by atoms with E-state index in [2.05, 4.69) is 0 Å². The summed E-state index contributed by atoms with van der Waals surface area (Å²) < 4.78 is 7.53. The van der Waals surface area contributed by atoms with Gasteiger partial charge < -0.3 is 14.2 Å². The molecule has 1 aromatic carbocycles. The van der Waals surface area contributed by atoms with Crippen molar-refractivity contribution in [1.82, 2.24) is 9.47 Å². The number of hydrogen-bond donors (Lipinski definition) is 0. The monoisotopic (exact) mass is 345 g/mol. The first-order valence-corrected chi connectivity index (χ1v) is 8.31. The van der Waals surface area contributed by atoms with Crippen LogP contribution in [0, 0.1) is 10.1 Å². The fourth-order valence-corrected chi connectivity index (χ4v) is 3.02. The van der Waals surface area contributed by atoms with Crippen LogP contribution >= 0.6 is 0 Å². The SMILES string of the molecule is CN(C(=O)OC(C)(C)C)C1(Cn2ccc3cc([N+](=O)[O-])ccc32)CC1. The first-order valence-electron chi connectivity index (χ1n) is 8.31. The van der Waals surface area contributed by atoms with Crippen LogP contribution in [0.1, 0.15) is 33.6 Å². The Kier molecular flexibility index (Phi) is 3.97. The maximum atomic E-state index is 12.4. The van der Waals surface area contributed by atoms with Gasteiger partial charge in [0.25, 0.3) is 5.69 Å². The summed E-state index contributed by atoms with van der Waals surface area (Å²) in [5.74, 6) is 0. The third-order valence-electron chi connectivity index (χ3n) is 4.64. The highest BCUT2D eigenvalue weighted by atomic mass is 16.6. The van der Waals surface area contributed by atoms with Gasteiger partial charge in [-0.1, -0.05) is 0 Å². The number of fused-ring (bicyclic) bond motifs is 1. The van der Waals surface area contributed by atoms with E-state index in [-0.39, 0.29) is 17.3 Å². The van der Waals surface area contributed by atoms with E-state index in [0.29, 0.717) is 6.54 Å². The molecule has 7 nitrogen and oxygen atoms in total. The molecular weight excluding hydrogens is 322 g/mol. The number of nitro benzene ring substituents is 1. The topological polar surface area (TPSA) is 77.6 Å². The van der Waals surface area contributed by atoms with Crippen LogP contribution in [0.5, 0.6) is 0 Å². The Morgan fingerprint density at radius 2 is 2.04 bits per heavy atom. The number of hydrogen-bond acceptors (Lipinski definition) is 4. The first-order chi connectivity index (χ1) is 11.6. The molecule has 1 amide bonds. The highest BCUT2D eigenvalue weighted by Crippen LogP contribution is 2.43. The minimum atomic E-state index is -0.527. The summed E-state index contributed by atoms with van der Waals surface area (Å²) in [4.78, 5) is 24.6. The summed E-state index contributed by atoms with van der Waals surface area (Å²) in [6.07, 6.45) is 3.42. The van der Waals surface area contributed by atoms with Crippen molar-refractivity contribution in [3.05, 3.63) is 40.6 Å². The molecule has 1 aliphatic carbocycles. The summed E-state index contributed by atoms with van der Waals surface area (Å²) in [5.41, 5.74) is 0.225. The maximum absolute atomic E-state index is 12.4. The second kappa shape index (κ2) is 5.75. The minimum Gasteiger partial charge on any atom is -0.444 e. The predicted octanol–water partition coefficient (Wildman–Crippen LogP) is 3.95. The van der Waals surface area contributed by atoms with Gasteiger partial charge in [-0.05, 0) is 45.7 Å². The molecule has 0 bridgehead atoms. The molecule has 3 rings (SSSR count). The number of carbonyl (C=O) groups is 1. The molecule has 0 saturated heterocycles. The Bertz CT molecular complexity index is 830. The molecule has 0 radical (unpaired) electrons. The number of non-ortho nitro benzene ring substituents is 1. The van der Waals surface area contributed by atoms with Crippen molar-refractivity contribution >= 4 is 22.7 Å². The summed E-state index contributed by atoms with van der Waals surface area (Å²) in [7, 11) is 1.78. The lowest BCUT2D eigenvalue weighted by Gasteiger charge is -2.31. The Morgan fingerprint density at radius 3 is 2.60 bits per heavy atom. The molecule has 0 unspecified atom stereocenters. The van der Waals surface area contributed by atoms with Gasteiger partial charge in [0.2, 0.25) is 0 Å². The molecule has 1 fully saturated rings. The van der Waals surface area contributed by atoms with Crippen LogP contribution in [0.25, 0.3) is 10.9 Å². The summed E-state index contributed by atoms with van der Waals surface area (Å²) >= 11 is 0. The van der Waals surface area contributed by atoms with Gasteiger partial charge in [-0.3, -0.25) is 10.1 Å². The third kappa shape index (κ3) is 3.45. The van der Waals surface area contributed by atoms with Crippen molar-refractivity contribution < 1.29 is 14.5 Å². The minimum absolute atomic E-state index is 0.0808. The van der Waals surface area contributed by atoms with Crippen LogP contribution < -0.4 is 0 Å². The van der Waals surface area contributed by atoms with Gasteiger partial charge in [0.1, 0.15) is 5.60 Å². The van der Waals surface area contributed by atoms with E-state index in [0.717, 1.165) is 23.7 Å². The van der Waals surface area contributed by atoms with Crippen LogP contribution in [0.4, 0.5) is 10.5 Å². The molecule has 1 aliphatic rings. The van der Waals surface area contributed by atoms with Gasteiger partial charge in [-0.25, -0.2) is 4.79 Å². The number of benzene rings is 1. The zero-order chi connectivity index (χ0) is 18.4. The van der Waals surface area contributed by atoms with E-state index in [9.17, 15) is 14.9 Å². The molecule has 0 atom stereocenters. The lowest BCUT2D eigenvalue weighted by molar-refractivity contribution is -0.384. The molecule has 7 heteroatoms. The van der Waals surface area contributed by atoms with Crippen molar-refractivity contribution in [2.45, 2.75) is 51.3 Å².